The van der Waals surface area contributed by atoms with E-state index in [4.69, 9.17) is 0 Å². The summed E-state index contributed by atoms with van der Waals surface area (Å²) in [5.74, 6) is -0.202. The summed E-state index contributed by atoms with van der Waals surface area (Å²) >= 11 is 5.19. The van der Waals surface area contributed by atoms with Crippen molar-refractivity contribution in [3.05, 3.63) is 58.3 Å². The molecule has 1 unspecified atom stereocenters. The molecule has 21 heavy (non-hydrogen) atoms. The van der Waals surface area contributed by atoms with Crippen molar-refractivity contribution >= 4 is 27.7 Å². The maximum absolute atomic E-state index is 13.0. The summed E-state index contributed by atoms with van der Waals surface area (Å²) in [6, 6.07) is 13.2. The largest absolute Gasteiger partial charge is 0.310 e. The van der Waals surface area contributed by atoms with Crippen molar-refractivity contribution < 1.29 is 4.39 Å². The minimum Gasteiger partial charge on any atom is -0.310 e. The fourth-order valence-corrected chi connectivity index (χ4v) is 3.64. The Morgan fingerprint density at radius 3 is 2.57 bits per heavy atom. The van der Waals surface area contributed by atoms with Gasteiger partial charge in [-0.3, -0.25) is 0 Å². The summed E-state index contributed by atoms with van der Waals surface area (Å²) in [5.41, 5.74) is 1.26. The van der Waals surface area contributed by atoms with Gasteiger partial charge in [-0.2, -0.15) is 0 Å². The molecule has 0 amide bonds. The van der Waals surface area contributed by atoms with Crippen LogP contribution in [-0.2, 0) is 0 Å². The first-order chi connectivity index (χ1) is 10.1. The quantitative estimate of drug-likeness (QED) is 0.692. The fraction of sp³-hybridized carbons (Fsp3) is 0.294. The van der Waals surface area contributed by atoms with Crippen LogP contribution in [0.3, 0.4) is 0 Å². The third kappa shape index (κ3) is 4.83. The summed E-state index contributed by atoms with van der Waals surface area (Å²) in [5, 5.41) is 3.51. The van der Waals surface area contributed by atoms with Crippen molar-refractivity contribution in [2.45, 2.75) is 36.1 Å². The van der Waals surface area contributed by atoms with Gasteiger partial charge in [-0.25, -0.2) is 4.39 Å². The molecule has 1 atom stereocenters. The number of hydrogen-bond donors (Lipinski definition) is 1. The minimum atomic E-state index is -0.202. The van der Waals surface area contributed by atoms with Gasteiger partial charge in [-0.15, -0.1) is 0 Å². The minimum absolute atomic E-state index is 0.202. The van der Waals surface area contributed by atoms with E-state index in [2.05, 4.69) is 53.3 Å². The van der Waals surface area contributed by atoms with E-state index in [1.165, 1.54) is 22.6 Å². The molecule has 0 heterocycles. The topological polar surface area (TPSA) is 12.0 Å². The zero-order valence-electron chi connectivity index (χ0n) is 12.2. The van der Waals surface area contributed by atoms with E-state index < -0.39 is 0 Å². The molecule has 0 aliphatic rings. The molecule has 4 heteroatoms. The maximum atomic E-state index is 13.0. The fourth-order valence-electron chi connectivity index (χ4n) is 2.05. The first kappa shape index (κ1) is 16.5. The lowest BCUT2D eigenvalue weighted by atomic mass is 10.1. The van der Waals surface area contributed by atoms with Crippen molar-refractivity contribution in [3.63, 3.8) is 0 Å². The number of benzene rings is 2. The van der Waals surface area contributed by atoms with E-state index in [1.807, 2.05) is 12.1 Å². The van der Waals surface area contributed by atoms with Crippen LogP contribution in [0.1, 0.15) is 31.9 Å². The van der Waals surface area contributed by atoms with Crippen LogP contribution in [-0.4, -0.2) is 6.54 Å². The van der Waals surface area contributed by atoms with Gasteiger partial charge in [0.15, 0.2) is 0 Å². The number of hydrogen-bond acceptors (Lipinski definition) is 2. The standard InChI is InChI=1S/C17H19BrFNS/c1-3-10-20-12(2)16-9-4-13(18)11-17(16)21-15-7-5-14(19)6-8-15/h4-9,11-12,20H,3,10H2,1-2H3. The molecule has 0 saturated heterocycles. The van der Waals surface area contributed by atoms with Gasteiger partial charge in [0.25, 0.3) is 0 Å². The predicted molar refractivity (Wildman–Crippen MR) is 91.4 cm³/mol. The molecule has 0 aromatic heterocycles. The Balaban J connectivity index is 2.24. The van der Waals surface area contributed by atoms with Gasteiger partial charge in [-0.05, 0) is 61.9 Å². The number of nitrogens with one attached hydrogen (secondary N) is 1. The molecule has 112 valence electrons. The molecule has 0 aliphatic heterocycles. The average molecular weight is 368 g/mol. The maximum Gasteiger partial charge on any atom is 0.123 e. The van der Waals surface area contributed by atoms with Gasteiger partial charge in [-0.1, -0.05) is 40.7 Å². The highest BCUT2D eigenvalue weighted by atomic mass is 79.9. The Labute approximate surface area is 138 Å². The summed E-state index contributed by atoms with van der Waals surface area (Å²) in [6.07, 6.45) is 1.11. The van der Waals surface area contributed by atoms with Crippen LogP contribution in [0.25, 0.3) is 0 Å². The second-order valence-corrected chi connectivity index (χ2v) is 6.94. The molecule has 2 aromatic rings. The highest BCUT2D eigenvalue weighted by Gasteiger charge is 2.11. The molecular weight excluding hydrogens is 349 g/mol. The number of rotatable bonds is 6. The van der Waals surface area contributed by atoms with Crippen molar-refractivity contribution in [1.29, 1.82) is 0 Å². The lowest BCUT2D eigenvalue weighted by Gasteiger charge is -2.18. The monoisotopic (exact) mass is 367 g/mol. The average Bonchev–Trinajstić information content (AvgIpc) is 2.47. The second-order valence-electron chi connectivity index (χ2n) is 4.91. The van der Waals surface area contributed by atoms with Crippen LogP contribution >= 0.6 is 27.7 Å². The molecule has 0 saturated carbocycles. The Kier molecular flexibility index (Phi) is 6.27. The first-order valence-corrected chi connectivity index (χ1v) is 8.67. The molecule has 0 fully saturated rings. The van der Waals surface area contributed by atoms with E-state index in [1.54, 1.807) is 11.8 Å². The van der Waals surface area contributed by atoms with Crippen molar-refractivity contribution in [1.82, 2.24) is 5.32 Å². The smallest absolute Gasteiger partial charge is 0.123 e. The zero-order chi connectivity index (χ0) is 15.2. The van der Waals surface area contributed by atoms with Crippen LogP contribution in [0.5, 0.6) is 0 Å². The Morgan fingerprint density at radius 2 is 1.90 bits per heavy atom. The van der Waals surface area contributed by atoms with Crippen molar-refractivity contribution in [2.24, 2.45) is 0 Å². The van der Waals surface area contributed by atoms with Crippen LogP contribution in [0.2, 0.25) is 0 Å². The molecule has 0 radical (unpaired) electrons. The third-order valence-electron chi connectivity index (χ3n) is 3.18. The summed E-state index contributed by atoms with van der Waals surface area (Å²) in [4.78, 5) is 2.23. The van der Waals surface area contributed by atoms with Gasteiger partial charge < -0.3 is 5.32 Å². The van der Waals surface area contributed by atoms with Crippen LogP contribution in [0.4, 0.5) is 4.39 Å². The molecule has 0 bridgehead atoms. The van der Waals surface area contributed by atoms with Crippen LogP contribution < -0.4 is 5.32 Å². The Hall–Kier alpha value is -0.840. The Bertz CT molecular complexity index is 586. The third-order valence-corrected chi connectivity index (χ3v) is 4.76. The van der Waals surface area contributed by atoms with Gasteiger partial charge in [0.1, 0.15) is 5.82 Å². The summed E-state index contributed by atoms with van der Waals surface area (Å²) in [7, 11) is 0. The van der Waals surface area contributed by atoms with E-state index in [-0.39, 0.29) is 5.82 Å². The summed E-state index contributed by atoms with van der Waals surface area (Å²) in [6.45, 7) is 5.33. The van der Waals surface area contributed by atoms with Gasteiger partial charge in [0.2, 0.25) is 0 Å². The van der Waals surface area contributed by atoms with Gasteiger partial charge in [0, 0.05) is 20.3 Å². The molecule has 1 N–H and O–H groups in total. The zero-order valence-corrected chi connectivity index (χ0v) is 14.6. The van der Waals surface area contributed by atoms with Crippen molar-refractivity contribution in [3.8, 4) is 0 Å². The molecule has 1 nitrogen and oxygen atoms in total. The van der Waals surface area contributed by atoms with Crippen molar-refractivity contribution in [2.75, 3.05) is 6.54 Å². The van der Waals surface area contributed by atoms with E-state index >= 15 is 0 Å². The summed E-state index contributed by atoms with van der Waals surface area (Å²) < 4.78 is 14.1. The van der Waals surface area contributed by atoms with E-state index in [0.717, 1.165) is 22.3 Å². The lowest BCUT2D eigenvalue weighted by molar-refractivity contribution is 0.563. The van der Waals surface area contributed by atoms with Gasteiger partial charge >= 0.3 is 0 Å². The van der Waals surface area contributed by atoms with Crippen LogP contribution in [0, 0.1) is 5.82 Å². The molecule has 2 rings (SSSR count). The SMILES string of the molecule is CCCNC(C)c1ccc(Br)cc1Sc1ccc(F)cc1. The normalized spacial score (nSPS) is 12.4. The Morgan fingerprint density at radius 1 is 1.19 bits per heavy atom. The van der Waals surface area contributed by atoms with E-state index in [0.29, 0.717) is 6.04 Å². The van der Waals surface area contributed by atoms with Gasteiger partial charge in [0.05, 0.1) is 0 Å². The highest BCUT2D eigenvalue weighted by Crippen LogP contribution is 2.35. The molecule has 0 aliphatic carbocycles. The van der Waals surface area contributed by atoms with E-state index in [9.17, 15) is 4.39 Å². The first-order valence-electron chi connectivity index (χ1n) is 7.06. The molecule has 2 aromatic carbocycles. The second kappa shape index (κ2) is 7.97. The lowest BCUT2D eigenvalue weighted by Crippen LogP contribution is -2.19. The van der Waals surface area contributed by atoms with Crippen LogP contribution in [0.15, 0.2) is 56.7 Å². The predicted octanol–water partition coefficient (Wildman–Crippen LogP) is 5.80. The number of halogens is 2. The highest BCUT2D eigenvalue weighted by molar-refractivity contribution is 9.10. The molecule has 0 spiro atoms. The molecular formula is C17H19BrFNS.